The molecule has 8 heteroatoms. The number of rotatable bonds is 6. The van der Waals surface area contributed by atoms with E-state index in [0.717, 1.165) is 54.3 Å². The van der Waals surface area contributed by atoms with Gasteiger partial charge in [-0.05, 0) is 43.8 Å². The maximum atomic E-state index is 13.1. The van der Waals surface area contributed by atoms with Crippen molar-refractivity contribution in [2.24, 2.45) is 0 Å². The fraction of sp³-hybridized carbons (Fsp3) is 0.417. The molecule has 0 radical (unpaired) electrons. The summed E-state index contributed by atoms with van der Waals surface area (Å²) in [4.78, 5) is 21.9. The molecule has 0 spiro atoms. The van der Waals surface area contributed by atoms with Gasteiger partial charge >= 0.3 is 0 Å². The van der Waals surface area contributed by atoms with Gasteiger partial charge in [0.05, 0.1) is 18.0 Å². The van der Waals surface area contributed by atoms with Gasteiger partial charge in [-0.25, -0.2) is 4.98 Å². The Hall–Kier alpha value is -3.10. The Labute approximate surface area is 187 Å². The van der Waals surface area contributed by atoms with Crippen molar-refractivity contribution < 1.29 is 13.9 Å². The van der Waals surface area contributed by atoms with Crippen molar-refractivity contribution in [3.05, 3.63) is 53.4 Å². The van der Waals surface area contributed by atoms with Crippen LogP contribution in [0.4, 0.5) is 5.82 Å². The fourth-order valence-corrected chi connectivity index (χ4v) is 4.61. The van der Waals surface area contributed by atoms with E-state index in [1.807, 2.05) is 36.2 Å². The number of fused-ring (bicyclic) bond motifs is 2. The topological polar surface area (TPSA) is 82.9 Å². The average Bonchev–Trinajstić information content (AvgIpc) is 3.41. The number of nitrogens with one attached hydrogen (secondary N) is 2. The van der Waals surface area contributed by atoms with Crippen LogP contribution in [0.25, 0.3) is 11.0 Å². The fourth-order valence-electron chi connectivity index (χ4n) is 4.61. The molecule has 0 aliphatic carbocycles. The van der Waals surface area contributed by atoms with Crippen LogP contribution in [0.5, 0.6) is 5.75 Å². The number of anilines is 1. The third-order valence-corrected chi connectivity index (χ3v) is 6.64. The van der Waals surface area contributed by atoms with Crippen molar-refractivity contribution in [2.75, 3.05) is 51.8 Å². The Bertz CT molecular complexity index is 1150. The molecule has 8 nitrogen and oxygen atoms in total. The number of carbonyl (C=O) groups excluding carboxylic acids is 1. The first-order chi connectivity index (χ1) is 15.5. The number of nitrogens with zero attached hydrogens (tertiary/aromatic N) is 3. The molecule has 32 heavy (non-hydrogen) atoms. The molecule has 1 fully saturated rings. The summed E-state index contributed by atoms with van der Waals surface area (Å²) >= 11 is 0. The van der Waals surface area contributed by atoms with E-state index >= 15 is 0 Å². The molecule has 3 aromatic rings. The van der Waals surface area contributed by atoms with Gasteiger partial charge < -0.3 is 29.6 Å². The van der Waals surface area contributed by atoms with E-state index in [4.69, 9.17) is 9.15 Å². The molecular weight excluding hydrogens is 406 g/mol. The number of benzene rings is 1. The lowest BCUT2D eigenvalue weighted by molar-refractivity contribution is 0.0717. The Morgan fingerprint density at radius 2 is 2.06 bits per heavy atom. The molecule has 1 atom stereocenters. The number of amides is 1. The Morgan fingerprint density at radius 1 is 1.25 bits per heavy atom. The molecule has 2 aliphatic heterocycles. The van der Waals surface area contributed by atoms with E-state index < -0.39 is 5.54 Å². The van der Waals surface area contributed by atoms with Crippen molar-refractivity contribution in [2.45, 2.75) is 19.0 Å². The molecule has 0 unspecified atom stereocenters. The molecule has 0 saturated carbocycles. The van der Waals surface area contributed by atoms with Gasteiger partial charge in [-0.1, -0.05) is 6.07 Å². The molecule has 4 heterocycles. The second kappa shape index (κ2) is 8.11. The maximum absolute atomic E-state index is 13.1. The number of ether oxygens (including phenoxy) is 1. The highest BCUT2D eigenvalue weighted by Crippen LogP contribution is 2.35. The first-order valence-corrected chi connectivity index (χ1v) is 11.0. The first-order valence-electron chi connectivity index (χ1n) is 11.0. The number of aromatic nitrogens is 1. The molecular formula is C24H29N5O3. The van der Waals surface area contributed by atoms with E-state index in [2.05, 4.69) is 33.5 Å². The van der Waals surface area contributed by atoms with Crippen LogP contribution in [0.1, 0.15) is 28.6 Å². The lowest BCUT2D eigenvalue weighted by atomic mass is 9.98. The maximum Gasteiger partial charge on any atom is 0.254 e. The van der Waals surface area contributed by atoms with Gasteiger partial charge in [0, 0.05) is 51.0 Å². The zero-order chi connectivity index (χ0) is 22.3. The molecule has 1 amide bonds. The van der Waals surface area contributed by atoms with Gasteiger partial charge in [0.2, 0.25) is 0 Å². The molecule has 1 aromatic carbocycles. The third kappa shape index (κ3) is 3.49. The number of furan rings is 1. The van der Waals surface area contributed by atoms with Crippen LogP contribution in [0, 0.1) is 0 Å². The van der Waals surface area contributed by atoms with E-state index in [-0.39, 0.29) is 5.91 Å². The standard InChI is InChI=1S/C24H29N5O3/c1-24(25-2,15-29-14-16-4-5-17(31-3)12-18(16)23(29)30)21-13-19-20(32-21)6-7-27-22(19)28-10-8-26-9-11-28/h4-7,12-13,25-26H,8-11,14-15H2,1-3H3/t24-/m0/s1. The van der Waals surface area contributed by atoms with E-state index in [9.17, 15) is 4.79 Å². The normalized spacial score (nSPS) is 18.2. The van der Waals surface area contributed by atoms with Crippen LogP contribution in [-0.4, -0.2) is 62.7 Å². The smallest absolute Gasteiger partial charge is 0.254 e. The zero-order valence-electron chi connectivity index (χ0n) is 18.8. The number of carbonyl (C=O) groups is 1. The summed E-state index contributed by atoms with van der Waals surface area (Å²) in [6, 6.07) is 9.67. The summed E-state index contributed by atoms with van der Waals surface area (Å²) in [6.45, 7) is 6.84. The highest BCUT2D eigenvalue weighted by atomic mass is 16.5. The lowest BCUT2D eigenvalue weighted by Gasteiger charge is -2.31. The van der Waals surface area contributed by atoms with Crippen molar-refractivity contribution >= 4 is 22.7 Å². The number of pyridine rings is 1. The van der Waals surface area contributed by atoms with Crippen LogP contribution in [0.15, 0.2) is 40.9 Å². The Morgan fingerprint density at radius 3 is 2.81 bits per heavy atom. The molecule has 5 rings (SSSR count). The number of piperazine rings is 1. The highest BCUT2D eigenvalue weighted by Gasteiger charge is 2.37. The van der Waals surface area contributed by atoms with E-state index in [1.165, 1.54) is 0 Å². The first kappa shape index (κ1) is 20.8. The van der Waals surface area contributed by atoms with Gasteiger partial charge in [0.1, 0.15) is 22.9 Å². The van der Waals surface area contributed by atoms with Gasteiger partial charge in [-0.15, -0.1) is 0 Å². The van der Waals surface area contributed by atoms with Crippen LogP contribution < -0.4 is 20.3 Å². The molecule has 0 bridgehead atoms. The molecule has 2 aromatic heterocycles. The van der Waals surface area contributed by atoms with Crippen LogP contribution in [-0.2, 0) is 12.1 Å². The predicted octanol–water partition coefficient (Wildman–Crippen LogP) is 2.34. The van der Waals surface area contributed by atoms with Gasteiger partial charge in [-0.2, -0.15) is 0 Å². The monoisotopic (exact) mass is 435 g/mol. The minimum absolute atomic E-state index is 0.0136. The summed E-state index contributed by atoms with van der Waals surface area (Å²) in [5, 5.41) is 7.78. The Balaban J connectivity index is 1.44. The second-order valence-corrected chi connectivity index (χ2v) is 8.66. The molecule has 1 saturated heterocycles. The number of likely N-dealkylation sites (N-methyl/N-ethyl adjacent to an activating group) is 1. The summed E-state index contributed by atoms with van der Waals surface area (Å²) in [7, 11) is 3.52. The van der Waals surface area contributed by atoms with Gasteiger partial charge in [0.25, 0.3) is 5.91 Å². The largest absolute Gasteiger partial charge is 0.497 e. The average molecular weight is 436 g/mol. The van der Waals surface area contributed by atoms with Gasteiger partial charge in [-0.3, -0.25) is 4.79 Å². The van der Waals surface area contributed by atoms with Crippen molar-refractivity contribution in [1.29, 1.82) is 0 Å². The second-order valence-electron chi connectivity index (χ2n) is 8.66. The van der Waals surface area contributed by atoms with Crippen LogP contribution in [0.3, 0.4) is 0 Å². The van der Waals surface area contributed by atoms with Crippen molar-refractivity contribution in [3.63, 3.8) is 0 Å². The molecule has 2 aliphatic rings. The van der Waals surface area contributed by atoms with Crippen molar-refractivity contribution in [3.8, 4) is 5.75 Å². The molecule has 2 N–H and O–H groups in total. The number of hydrogen-bond acceptors (Lipinski definition) is 7. The summed E-state index contributed by atoms with van der Waals surface area (Å²) < 4.78 is 11.6. The SMILES string of the molecule is CN[C@@](C)(CN1Cc2ccc(OC)cc2C1=O)c1cc2c(N3CCNCC3)nccc2o1. The van der Waals surface area contributed by atoms with E-state index in [1.54, 1.807) is 13.3 Å². The van der Waals surface area contributed by atoms with E-state index in [0.29, 0.717) is 24.4 Å². The molecule has 168 valence electrons. The lowest BCUT2D eigenvalue weighted by Crippen LogP contribution is -2.47. The number of methoxy groups -OCH3 is 1. The minimum atomic E-state index is -0.554. The predicted molar refractivity (Wildman–Crippen MR) is 123 cm³/mol. The minimum Gasteiger partial charge on any atom is -0.497 e. The zero-order valence-corrected chi connectivity index (χ0v) is 18.8. The third-order valence-electron chi connectivity index (χ3n) is 6.64. The summed E-state index contributed by atoms with van der Waals surface area (Å²) in [6.07, 6.45) is 1.80. The highest BCUT2D eigenvalue weighted by molar-refractivity contribution is 5.98. The summed E-state index contributed by atoms with van der Waals surface area (Å²) in [5.41, 5.74) is 1.98. The quantitative estimate of drug-likeness (QED) is 0.615. The summed E-state index contributed by atoms with van der Waals surface area (Å²) in [5.74, 6) is 2.45. The van der Waals surface area contributed by atoms with Crippen LogP contribution >= 0.6 is 0 Å². The van der Waals surface area contributed by atoms with Crippen molar-refractivity contribution in [1.82, 2.24) is 20.5 Å². The van der Waals surface area contributed by atoms with Crippen LogP contribution in [0.2, 0.25) is 0 Å². The van der Waals surface area contributed by atoms with Gasteiger partial charge in [0.15, 0.2) is 0 Å². The Kier molecular flexibility index (Phi) is 5.27. The number of hydrogen-bond donors (Lipinski definition) is 2.